The first-order valence-corrected chi connectivity index (χ1v) is 6.88. The molecule has 19 heavy (non-hydrogen) atoms. The van der Waals surface area contributed by atoms with Crippen molar-refractivity contribution in [2.45, 2.75) is 19.8 Å². The lowest BCUT2D eigenvalue weighted by atomic mass is 9.94. The molecule has 0 nitrogen and oxygen atoms in total. The lowest BCUT2D eigenvalue weighted by molar-refractivity contribution is 0.966. The average molecular weight is 244 g/mol. The van der Waals surface area contributed by atoms with Gasteiger partial charge in [0.15, 0.2) is 0 Å². The van der Waals surface area contributed by atoms with Gasteiger partial charge in [-0.15, -0.1) is 0 Å². The Kier molecular flexibility index (Phi) is 2.11. The molecule has 0 N–H and O–H groups in total. The second kappa shape index (κ2) is 3.71. The summed E-state index contributed by atoms with van der Waals surface area (Å²) < 4.78 is 0. The predicted molar refractivity (Wildman–Crippen MR) is 81.6 cm³/mol. The molecule has 0 aliphatic heterocycles. The molecule has 1 unspecified atom stereocenters. The van der Waals surface area contributed by atoms with Crippen molar-refractivity contribution in [3.05, 3.63) is 71.3 Å². The molecule has 0 bridgehead atoms. The number of hydrogen-bond acceptors (Lipinski definition) is 0. The molecule has 1 aliphatic carbocycles. The van der Waals surface area contributed by atoms with Gasteiger partial charge in [-0.2, -0.15) is 0 Å². The quantitative estimate of drug-likeness (QED) is 0.504. The molecule has 0 amide bonds. The normalized spacial score (nSPS) is 16.4. The second-order valence-electron chi connectivity index (χ2n) is 5.56. The van der Waals surface area contributed by atoms with Gasteiger partial charge in [0.2, 0.25) is 0 Å². The maximum Gasteiger partial charge on any atom is 0.00794 e. The highest BCUT2D eigenvalue weighted by Crippen LogP contribution is 2.47. The summed E-state index contributed by atoms with van der Waals surface area (Å²) in [5.74, 6) is 0.497. The molecule has 0 fully saturated rings. The highest BCUT2D eigenvalue weighted by molar-refractivity contribution is 5.96. The Morgan fingerprint density at radius 1 is 0.842 bits per heavy atom. The molecule has 0 radical (unpaired) electrons. The minimum atomic E-state index is 0.497. The van der Waals surface area contributed by atoms with Crippen LogP contribution in [0.4, 0.5) is 0 Å². The summed E-state index contributed by atoms with van der Waals surface area (Å²) in [4.78, 5) is 0. The number of hydrogen-bond donors (Lipinski definition) is 0. The van der Waals surface area contributed by atoms with E-state index in [1.54, 1.807) is 0 Å². The molecular formula is C19H16. The Hall–Kier alpha value is -2.08. The van der Waals surface area contributed by atoms with Crippen LogP contribution in [-0.4, -0.2) is 0 Å². The molecule has 92 valence electrons. The topological polar surface area (TPSA) is 0 Å². The zero-order chi connectivity index (χ0) is 13.0. The first-order valence-electron chi connectivity index (χ1n) is 6.88. The van der Waals surface area contributed by atoms with Crippen LogP contribution in [0.25, 0.3) is 21.9 Å². The van der Waals surface area contributed by atoms with Crippen LogP contribution < -0.4 is 0 Å². The zero-order valence-corrected chi connectivity index (χ0v) is 11.3. The van der Waals surface area contributed by atoms with Gasteiger partial charge in [0.1, 0.15) is 0 Å². The van der Waals surface area contributed by atoms with Gasteiger partial charge in [-0.25, -0.2) is 0 Å². The minimum Gasteiger partial charge on any atom is -0.0616 e. The summed E-state index contributed by atoms with van der Waals surface area (Å²) in [5.41, 5.74) is 7.15. The Labute approximate surface area is 113 Å². The van der Waals surface area contributed by atoms with E-state index in [0.29, 0.717) is 5.92 Å². The van der Waals surface area contributed by atoms with Crippen LogP contribution in [0.15, 0.2) is 54.6 Å². The first-order chi connectivity index (χ1) is 9.25. The second-order valence-corrected chi connectivity index (χ2v) is 5.56. The molecule has 0 saturated carbocycles. The van der Waals surface area contributed by atoms with E-state index in [9.17, 15) is 0 Å². The van der Waals surface area contributed by atoms with Crippen molar-refractivity contribution in [2.75, 3.05) is 0 Å². The number of rotatable bonds is 0. The van der Waals surface area contributed by atoms with Crippen LogP contribution in [-0.2, 0) is 0 Å². The number of benzene rings is 3. The van der Waals surface area contributed by atoms with Crippen LogP contribution in [0.2, 0.25) is 0 Å². The van der Waals surface area contributed by atoms with Gasteiger partial charge < -0.3 is 0 Å². The van der Waals surface area contributed by atoms with Crippen molar-refractivity contribution in [2.24, 2.45) is 0 Å². The molecular weight excluding hydrogens is 228 g/mol. The molecule has 0 spiro atoms. The van der Waals surface area contributed by atoms with Gasteiger partial charge in [-0.1, -0.05) is 67.1 Å². The number of aryl methyl sites for hydroxylation is 1. The standard InChI is InChI=1S/C19H16/c1-12-7-9-15-13(2)19-16-6-4-3-5-14(16)8-10-17(19)18(15)11-12/h3-11,13H,1-2H3. The Morgan fingerprint density at radius 3 is 2.58 bits per heavy atom. The van der Waals surface area contributed by atoms with Crippen molar-refractivity contribution in [1.82, 2.24) is 0 Å². The van der Waals surface area contributed by atoms with Gasteiger partial charge in [0.05, 0.1) is 0 Å². The van der Waals surface area contributed by atoms with Crippen molar-refractivity contribution >= 4 is 10.8 Å². The molecule has 0 saturated heterocycles. The summed E-state index contributed by atoms with van der Waals surface area (Å²) in [6.07, 6.45) is 0. The Balaban J connectivity index is 2.13. The van der Waals surface area contributed by atoms with E-state index in [1.165, 1.54) is 38.6 Å². The van der Waals surface area contributed by atoms with Crippen molar-refractivity contribution < 1.29 is 0 Å². The van der Waals surface area contributed by atoms with Crippen LogP contribution >= 0.6 is 0 Å². The fourth-order valence-electron chi connectivity index (χ4n) is 3.43. The van der Waals surface area contributed by atoms with Crippen molar-refractivity contribution in [3.8, 4) is 11.1 Å². The van der Waals surface area contributed by atoms with E-state index in [0.717, 1.165) is 0 Å². The molecule has 0 heterocycles. The summed E-state index contributed by atoms with van der Waals surface area (Å²) >= 11 is 0. The third-order valence-corrected chi connectivity index (χ3v) is 4.37. The first kappa shape index (κ1) is 10.8. The summed E-state index contributed by atoms with van der Waals surface area (Å²) in [6, 6.07) is 20.1. The maximum absolute atomic E-state index is 2.33. The molecule has 1 atom stereocenters. The summed E-state index contributed by atoms with van der Waals surface area (Å²) in [6.45, 7) is 4.50. The smallest absolute Gasteiger partial charge is 0.00794 e. The SMILES string of the molecule is Cc1ccc2c(c1)-c1ccc3ccccc3c1C2C. The third-order valence-electron chi connectivity index (χ3n) is 4.37. The predicted octanol–water partition coefficient (Wildman–Crippen LogP) is 5.28. The van der Waals surface area contributed by atoms with Gasteiger partial charge in [-0.05, 0) is 39.9 Å². The van der Waals surface area contributed by atoms with E-state index in [2.05, 4.69) is 68.4 Å². The lowest BCUT2D eigenvalue weighted by Crippen LogP contribution is -1.91. The van der Waals surface area contributed by atoms with Gasteiger partial charge in [0, 0.05) is 5.92 Å². The largest absolute Gasteiger partial charge is 0.0616 e. The van der Waals surface area contributed by atoms with Crippen LogP contribution in [0.3, 0.4) is 0 Å². The van der Waals surface area contributed by atoms with E-state index in [-0.39, 0.29) is 0 Å². The highest BCUT2D eigenvalue weighted by Gasteiger charge is 2.26. The van der Waals surface area contributed by atoms with Gasteiger partial charge >= 0.3 is 0 Å². The average Bonchev–Trinajstić information content (AvgIpc) is 2.72. The molecule has 1 aliphatic rings. The van der Waals surface area contributed by atoms with E-state index in [4.69, 9.17) is 0 Å². The lowest BCUT2D eigenvalue weighted by Gasteiger charge is -2.10. The van der Waals surface area contributed by atoms with Gasteiger partial charge in [0.25, 0.3) is 0 Å². The summed E-state index contributed by atoms with van der Waals surface area (Å²) in [5, 5.41) is 2.75. The number of fused-ring (bicyclic) bond motifs is 5. The van der Waals surface area contributed by atoms with Crippen LogP contribution in [0.5, 0.6) is 0 Å². The molecule has 4 rings (SSSR count). The van der Waals surface area contributed by atoms with Crippen molar-refractivity contribution in [1.29, 1.82) is 0 Å². The Bertz CT molecular complexity index is 796. The maximum atomic E-state index is 2.33. The van der Waals surface area contributed by atoms with E-state index >= 15 is 0 Å². The van der Waals surface area contributed by atoms with Crippen molar-refractivity contribution in [3.63, 3.8) is 0 Å². The fourth-order valence-corrected chi connectivity index (χ4v) is 3.43. The monoisotopic (exact) mass is 244 g/mol. The fraction of sp³-hybridized carbons (Fsp3) is 0.158. The van der Waals surface area contributed by atoms with E-state index < -0.39 is 0 Å². The zero-order valence-electron chi connectivity index (χ0n) is 11.3. The Morgan fingerprint density at radius 2 is 1.68 bits per heavy atom. The summed E-state index contributed by atoms with van der Waals surface area (Å²) in [7, 11) is 0. The molecule has 3 aromatic carbocycles. The van der Waals surface area contributed by atoms with E-state index in [1.807, 2.05) is 0 Å². The third kappa shape index (κ3) is 1.40. The molecule has 0 heteroatoms. The molecule has 3 aromatic rings. The highest BCUT2D eigenvalue weighted by atomic mass is 14.3. The van der Waals surface area contributed by atoms with Gasteiger partial charge in [-0.3, -0.25) is 0 Å². The van der Waals surface area contributed by atoms with Crippen LogP contribution in [0.1, 0.15) is 29.5 Å². The minimum absolute atomic E-state index is 0.497. The van der Waals surface area contributed by atoms with Crippen LogP contribution in [0, 0.1) is 6.92 Å². The molecule has 0 aromatic heterocycles.